The molecule has 0 fully saturated rings. The van der Waals surface area contributed by atoms with Crippen LogP contribution in [0.15, 0.2) is 54.6 Å². The van der Waals surface area contributed by atoms with E-state index in [0.717, 1.165) is 59.0 Å². The van der Waals surface area contributed by atoms with Crippen LogP contribution in [-0.2, 0) is 12.8 Å². The van der Waals surface area contributed by atoms with Crippen molar-refractivity contribution in [3.05, 3.63) is 81.7 Å². The molecule has 31 heavy (non-hydrogen) atoms. The number of nitrogens with one attached hydrogen (secondary N) is 1. The molecule has 1 N–H and O–H groups in total. The van der Waals surface area contributed by atoms with E-state index in [-0.39, 0.29) is 5.91 Å². The first-order valence-corrected chi connectivity index (χ1v) is 11.3. The minimum Gasteiger partial charge on any atom is -0.312 e. The molecule has 0 radical (unpaired) electrons. The number of thiophene rings is 1. The van der Waals surface area contributed by atoms with Crippen LogP contribution in [0.2, 0.25) is 0 Å². The van der Waals surface area contributed by atoms with Gasteiger partial charge in [0.1, 0.15) is 11.1 Å². The minimum absolute atomic E-state index is 0.191. The number of fused-ring (bicyclic) bond motifs is 2. The van der Waals surface area contributed by atoms with Crippen molar-refractivity contribution in [3.8, 4) is 17.3 Å². The molecule has 0 bridgehead atoms. The van der Waals surface area contributed by atoms with E-state index in [4.69, 9.17) is 4.98 Å². The first kappa shape index (κ1) is 19.5. The summed E-state index contributed by atoms with van der Waals surface area (Å²) in [5, 5.41) is 14.3. The molecule has 5 rings (SSSR count). The summed E-state index contributed by atoms with van der Waals surface area (Å²) in [6.45, 7) is 1.95. The average Bonchev–Trinajstić information content (AvgIpc) is 3.16. The van der Waals surface area contributed by atoms with E-state index in [2.05, 4.69) is 11.4 Å². The molecule has 2 aromatic carbocycles. The predicted octanol–water partition coefficient (Wildman–Crippen LogP) is 6.27. The number of amides is 1. The smallest absolute Gasteiger partial charge is 0.257 e. The van der Waals surface area contributed by atoms with Gasteiger partial charge in [0.15, 0.2) is 0 Å². The highest BCUT2D eigenvalue weighted by Crippen LogP contribution is 2.38. The summed E-state index contributed by atoms with van der Waals surface area (Å²) in [5.41, 5.74) is 5.76. The number of hydrogen-bond acceptors (Lipinski definition) is 4. The van der Waals surface area contributed by atoms with Crippen molar-refractivity contribution in [2.45, 2.75) is 32.6 Å². The Morgan fingerprint density at radius 1 is 1.06 bits per heavy atom. The Hall–Kier alpha value is -3.49. The van der Waals surface area contributed by atoms with E-state index < -0.39 is 0 Å². The number of carbonyl (C=O) groups is 1. The molecule has 0 saturated carbocycles. The summed E-state index contributed by atoms with van der Waals surface area (Å²) < 4.78 is 0. The van der Waals surface area contributed by atoms with Gasteiger partial charge in [-0.15, -0.1) is 11.3 Å². The number of hydrogen-bond donors (Lipinski definition) is 1. The first-order chi connectivity index (χ1) is 15.2. The van der Waals surface area contributed by atoms with Crippen LogP contribution in [0.25, 0.3) is 22.2 Å². The maximum atomic E-state index is 13.6. The van der Waals surface area contributed by atoms with Gasteiger partial charge in [-0.1, -0.05) is 48.5 Å². The fourth-order valence-electron chi connectivity index (χ4n) is 4.41. The number of para-hydroxylation sites is 1. The molecular formula is C26H21N3OS. The number of aryl methyl sites for hydroxylation is 1. The number of nitriles is 1. The lowest BCUT2D eigenvalue weighted by molar-refractivity contribution is 0.102. The van der Waals surface area contributed by atoms with Crippen LogP contribution in [0, 0.1) is 18.3 Å². The van der Waals surface area contributed by atoms with Gasteiger partial charge in [-0.3, -0.25) is 4.79 Å². The fourth-order valence-corrected chi connectivity index (χ4v) is 5.65. The molecule has 5 heteroatoms. The summed E-state index contributed by atoms with van der Waals surface area (Å²) >= 11 is 1.55. The van der Waals surface area contributed by atoms with E-state index in [9.17, 15) is 10.1 Å². The van der Waals surface area contributed by atoms with Crippen LogP contribution in [0.5, 0.6) is 0 Å². The van der Waals surface area contributed by atoms with Gasteiger partial charge in [0, 0.05) is 15.8 Å². The third-order valence-electron chi connectivity index (χ3n) is 5.92. The van der Waals surface area contributed by atoms with Crippen molar-refractivity contribution in [1.82, 2.24) is 4.98 Å². The van der Waals surface area contributed by atoms with Gasteiger partial charge in [-0.05, 0) is 49.8 Å². The number of nitrogens with zero attached hydrogens (tertiary/aromatic N) is 2. The van der Waals surface area contributed by atoms with Crippen molar-refractivity contribution in [2.24, 2.45) is 0 Å². The SMILES string of the molecule is Cc1c(-c2ccccc2)nc2ccccc2c1C(=O)Nc1sc2c(c1C#N)CCCC2. The molecule has 0 atom stereocenters. The second-order valence-corrected chi connectivity index (χ2v) is 8.93. The molecular weight excluding hydrogens is 402 g/mol. The van der Waals surface area contributed by atoms with E-state index in [1.165, 1.54) is 4.88 Å². The lowest BCUT2D eigenvalue weighted by Crippen LogP contribution is -2.15. The van der Waals surface area contributed by atoms with Crippen molar-refractivity contribution in [2.75, 3.05) is 5.32 Å². The number of pyridine rings is 1. The molecule has 1 aliphatic rings. The molecule has 1 amide bonds. The van der Waals surface area contributed by atoms with Crippen molar-refractivity contribution < 1.29 is 4.79 Å². The third kappa shape index (κ3) is 3.39. The lowest BCUT2D eigenvalue weighted by atomic mass is 9.95. The summed E-state index contributed by atoms with van der Waals surface area (Å²) in [7, 11) is 0. The van der Waals surface area contributed by atoms with Crippen molar-refractivity contribution in [1.29, 1.82) is 5.26 Å². The van der Waals surface area contributed by atoms with Crippen LogP contribution in [0.3, 0.4) is 0 Å². The fraction of sp³-hybridized carbons (Fsp3) is 0.192. The predicted molar refractivity (Wildman–Crippen MR) is 126 cm³/mol. The molecule has 1 aliphatic carbocycles. The van der Waals surface area contributed by atoms with Crippen LogP contribution < -0.4 is 5.32 Å². The second-order valence-electron chi connectivity index (χ2n) is 7.82. The Kier molecular flexibility index (Phi) is 5.01. The molecule has 152 valence electrons. The molecule has 2 heterocycles. The van der Waals surface area contributed by atoms with E-state index >= 15 is 0 Å². The molecule has 0 saturated heterocycles. The Morgan fingerprint density at radius 3 is 2.61 bits per heavy atom. The minimum atomic E-state index is -0.191. The Labute approximate surface area is 185 Å². The highest BCUT2D eigenvalue weighted by atomic mass is 32.1. The summed E-state index contributed by atoms with van der Waals surface area (Å²) in [6.07, 6.45) is 4.14. The van der Waals surface area contributed by atoms with Crippen LogP contribution in [0.4, 0.5) is 5.00 Å². The molecule has 0 spiro atoms. The Balaban J connectivity index is 1.64. The normalized spacial score (nSPS) is 12.9. The van der Waals surface area contributed by atoms with E-state index in [1.54, 1.807) is 11.3 Å². The van der Waals surface area contributed by atoms with Crippen LogP contribution in [0.1, 0.15) is 44.8 Å². The zero-order valence-electron chi connectivity index (χ0n) is 17.2. The zero-order valence-corrected chi connectivity index (χ0v) is 18.1. The Bertz CT molecular complexity index is 1350. The number of rotatable bonds is 3. The van der Waals surface area contributed by atoms with Gasteiger partial charge in [0.2, 0.25) is 0 Å². The first-order valence-electron chi connectivity index (χ1n) is 10.5. The highest BCUT2D eigenvalue weighted by molar-refractivity contribution is 7.16. The van der Waals surface area contributed by atoms with Gasteiger partial charge in [-0.2, -0.15) is 5.26 Å². The highest BCUT2D eigenvalue weighted by Gasteiger charge is 2.24. The van der Waals surface area contributed by atoms with Crippen molar-refractivity contribution in [3.63, 3.8) is 0 Å². The molecule has 0 unspecified atom stereocenters. The van der Waals surface area contributed by atoms with Crippen LogP contribution >= 0.6 is 11.3 Å². The lowest BCUT2D eigenvalue weighted by Gasteiger charge is -2.14. The average molecular weight is 424 g/mol. The van der Waals surface area contributed by atoms with Gasteiger partial charge in [0.25, 0.3) is 5.91 Å². The molecule has 0 aliphatic heterocycles. The standard InChI is InChI=1S/C26H21N3OS/c1-16-23(25(30)29-26-20(15-27)18-11-6-8-14-22(18)31-26)19-12-5-7-13-21(19)28-24(16)17-9-3-2-4-10-17/h2-5,7,9-10,12-13H,6,8,11,14H2,1H3,(H,29,30). The van der Waals surface area contributed by atoms with Gasteiger partial charge >= 0.3 is 0 Å². The molecule has 4 nitrogen and oxygen atoms in total. The van der Waals surface area contributed by atoms with Gasteiger partial charge in [0.05, 0.1) is 22.3 Å². The van der Waals surface area contributed by atoms with E-state index in [0.29, 0.717) is 16.1 Å². The number of benzene rings is 2. The van der Waals surface area contributed by atoms with Gasteiger partial charge < -0.3 is 5.32 Å². The van der Waals surface area contributed by atoms with Crippen molar-refractivity contribution >= 4 is 33.1 Å². The molecule has 2 aromatic heterocycles. The monoisotopic (exact) mass is 423 g/mol. The largest absolute Gasteiger partial charge is 0.312 e. The maximum absolute atomic E-state index is 13.6. The second kappa shape index (κ2) is 7.98. The summed E-state index contributed by atoms with van der Waals surface area (Å²) in [6, 6.07) is 20.0. The number of carbonyl (C=O) groups excluding carboxylic acids is 1. The van der Waals surface area contributed by atoms with E-state index in [1.807, 2.05) is 61.5 Å². The summed E-state index contributed by atoms with van der Waals surface area (Å²) in [4.78, 5) is 19.7. The van der Waals surface area contributed by atoms with Gasteiger partial charge in [-0.25, -0.2) is 4.98 Å². The molecule has 4 aromatic rings. The number of aromatic nitrogens is 1. The number of anilines is 1. The topological polar surface area (TPSA) is 65.8 Å². The van der Waals surface area contributed by atoms with Crippen LogP contribution in [-0.4, -0.2) is 10.9 Å². The maximum Gasteiger partial charge on any atom is 0.257 e. The zero-order chi connectivity index (χ0) is 21.4. The summed E-state index contributed by atoms with van der Waals surface area (Å²) in [5.74, 6) is -0.191. The Morgan fingerprint density at radius 2 is 1.81 bits per heavy atom. The quantitative estimate of drug-likeness (QED) is 0.422. The third-order valence-corrected chi connectivity index (χ3v) is 7.13.